The van der Waals surface area contributed by atoms with Crippen LogP contribution in [0.4, 0.5) is 0 Å². The molecule has 142 valence electrons. The normalized spacial score (nSPS) is 17.4. The number of methoxy groups -OCH3 is 1. The third kappa shape index (κ3) is 6.44. The number of aliphatic hydroxyl groups is 3. The van der Waals surface area contributed by atoms with E-state index in [9.17, 15) is 15.3 Å². The summed E-state index contributed by atoms with van der Waals surface area (Å²) in [6.07, 6.45) is 1.15. The highest BCUT2D eigenvalue weighted by Crippen LogP contribution is 2.27. The van der Waals surface area contributed by atoms with Crippen LogP contribution in [0.1, 0.15) is 25.8 Å². The van der Waals surface area contributed by atoms with E-state index in [4.69, 9.17) is 9.47 Å². The molecule has 0 aliphatic heterocycles. The quantitative estimate of drug-likeness (QED) is 0.504. The fraction of sp³-hybridized carbons (Fsp3) is 0.600. The third-order valence-corrected chi connectivity index (χ3v) is 4.69. The van der Waals surface area contributed by atoms with Gasteiger partial charge in [0.25, 0.3) is 0 Å². The molecule has 0 fully saturated rings. The van der Waals surface area contributed by atoms with Crippen molar-refractivity contribution >= 4 is 0 Å². The molecule has 0 spiro atoms. The van der Waals surface area contributed by atoms with Crippen LogP contribution in [0, 0.1) is 17.8 Å². The van der Waals surface area contributed by atoms with E-state index in [1.54, 1.807) is 13.2 Å². The van der Waals surface area contributed by atoms with Crippen LogP contribution in [-0.4, -0.2) is 47.9 Å². The molecular formula is C20H32O5. The van der Waals surface area contributed by atoms with Crippen LogP contribution in [0.15, 0.2) is 36.9 Å². The molecule has 0 radical (unpaired) electrons. The lowest BCUT2D eigenvalue weighted by molar-refractivity contribution is -0.0909. The number of benzene rings is 1. The van der Waals surface area contributed by atoms with Gasteiger partial charge in [0.2, 0.25) is 0 Å². The van der Waals surface area contributed by atoms with Crippen LogP contribution in [-0.2, 0) is 11.3 Å². The monoisotopic (exact) mass is 352 g/mol. The predicted octanol–water partition coefficient (Wildman–Crippen LogP) is 2.39. The minimum atomic E-state index is -0.738. The number of hydrogen-bond acceptors (Lipinski definition) is 5. The SMILES string of the molecule is C=CC[C@H](CO)C(O)[C@H](C)[C@H](OCc1ccc(OC)cc1)[C@H](C)CO. The van der Waals surface area contributed by atoms with E-state index < -0.39 is 6.10 Å². The second-order valence-corrected chi connectivity index (χ2v) is 6.60. The smallest absolute Gasteiger partial charge is 0.118 e. The maximum Gasteiger partial charge on any atom is 0.118 e. The van der Waals surface area contributed by atoms with Gasteiger partial charge in [-0.25, -0.2) is 0 Å². The molecule has 0 bridgehead atoms. The second-order valence-electron chi connectivity index (χ2n) is 6.60. The third-order valence-electron chi connectivity index (χ3n) is 4.69. The van der Waals surface area contributed by atoms with E-state index in [1.807, 2.05) is 38.1 Å². The molecule has 0 aliphatic carbocycles. The Morgan fingerprint density at radius 2 is 1.76 bits per heavy atom. The number of rotatable bonds is 12. The molecule has 5 nitrogen and oxygen atoms in total. The van der Waals surface area contributed by atoms with E-state index in [0.29, 0.717) is 13.0 Å². The Bertz CT molecular complexity index is 487. The van der Waals surface area contributed by atoms with Gasteiger partial charge in [0.1, 0.15) is 5.75 Å². The summed E-state index contributed by atoms with van der Waals surface area (Å²) in [4.78, 5) is 0. The maximum atomic E-state index is 10.6. The molecule has 0 aliphatic rings. The molecule has 1 rings (SSSR count). The van der Waals surface area contributed by atoms with E-state index in [2.05, 4.69) is 6.58 Å². The van der Waals surface area contributed by atoms with E-state index in [-0.39, 0.29) is 37.1 Å². The van der Waals surface area contributed by atoms with Crippen molar-refractivity contribution in [3.63, 3.8) is 0 Å². The molecule has 3 N–H and O–H groups in total. The van der Waals surface area contributed by atoms with Crippen LogP contribution in [0.3, 0.4) is 0 Å². The highest BCUT2D eigenvalue weighted by Gasteiger charge is 2.33. The summed E-state index contributed by atoms with van der Waals surface area (Å²) in [6, 6.07) is 7.59. The second kappa shape index (κ2) is 11.3. The molecule has 25 heavy (non-hydrogen) atoms. The highest BCUT2D eigenvalue weighted by atomic mass is 16.5. The Morgan fingerprint density at radius 3 is 2.24 bits per heavy atom. The molecular weight excluding hydrogens is 320 g/mol. The molecule has 1 unspecified atom stereocenters. The molecule has 5 heteroatoms. The van der Waals surface area contributed by atoms with Crippen molar-refractivity contribution in [1.82, 2.24) is 0 Å². The number of ether oxygens (including phenoxy) is 2. The van der Waals surface area contributed by atoms with Gasteiger partial charge in [0.15, 0.2) is 0 Å². The summed E-state index contributed by atoms with van der Waals surface area (Å²) in [5.74, 6) is 0.122. The summed E-state index contributed by atoms with van der Waals surface area (Å²) < 4.78 is 11.2. The van der Waals surface area contributed by atoms with E-state index in [1.165, 1.54) is 0 Å². The van der Waals surface area contributed by atoms with Crippen LogP contribution in [0.25, 0.3) is 0 Å². The summed E-state index contributed by atoms with van der Waals surface area (Å²) in [7, 11) is 1.62. The minimum absolute atomic E-state index is 0.0322. The van der Waals surface area contributed by atoms with Crippen LogP contribution in [0.2, 0.25) is 0 Å². The Kier molecular flexibility index (Phi) is 9.75. The average molecular weight is 352 g/mol. The van der Waals surface area contributed by atoms with Gasteiger partial charge in [0.05, 0.1) is 25.9 Å². The molecule has 0 saturated heterocycles. The first-order valence-electron chi connectivity index (χ1n) is 8.73. The van der Waals surface area contributed by atoms with Gasteiger partial charge >= 0.3 is 0 Å². The Labute approximate surface area is 150 Å². The van der Waals surface area contributed by atoms with Gasteiger partial charge in [-0.2, -0.15) is 0 Å². The van der Waals surface area contributed by atoms with E-state index >= 15 is 0 Å². The topological polar surface area (TPSA) is 79.2 Å². The van der Waals surface area contributed by atoms with Crippen LogP contribution >= 0.6 is 0 Å². The van der Waals surface area contributed by atoms with Crippen molar-refractivity contribution in [3.05, 3.63) is 42.5 Å². The van der Waals surface area contributed by atoms with E-state index in [0.717, 1.165) is 11.3 Å². The Morgan fingerprint density at radius 1 is 1.12 bits per heavy atom. The van der Waals surface area contributed by atoms with Gasteiger partial charge < -0.3 is 24.8 Å². The standard InChI is InChI=1S/C20H32O5/c1-5-6-17(12-22)19(23)15(3)20(14(2)11-21)25-13-16-7-9-18(24-4)10-8-16/h5,7-10,14-15,17,19-23H,1,6,11-13H2,2-4H3/t14-,15+,17-,19?,20-/m1/s1. The van der Waals surface area contributed by atoms with Crippen LogP contribution < -0.4 is 4.74 Å². The van der Waals surface area contributed by atoms with Crippen molar-refractivity contribution in [2.45, 2.75) is 39.1 Å². The fourth-order valence-corrected chi connectivity index (χ4v) is 3.01. The van der Waals surface area contributed by atoms with Gasteiger partial charge in [-0.15, -0.1) is 6.58 Å². The largest absolute Gasteiger partial charge is 0.497 e. The highest BCUT2D eigenvalue weighted by molar-refractivity contribution is 5.26. The van der Waals surface area contributed by atoms with Crippen molar-refractivity contribution in [2.24, 2.45) is 17.8 Å². The molecule has 0 amide bonds. The average Bonchev–Trinajstić information content (AvgIpc) is 2.65. The molecule has 1 aromatic rings. The lowest BCUT2D eigenvalue weighted by atomic mass is 9.82. The lowest BCUT2D eigenvalue weighted by Gasteiger charge is -2.34. The summed E-state index contributed by atoms with van der Waals surface area (Å²) in [5, 5.41) is 29.7. The fourth-order valence-electron chi connectivity index (χ4n) is 3.01. The van der Waals surface area contributed by atoms with Gasteiger partial charge in [-0.3, -0.25) is 0 Å². The zero-order valence-electron chi connectivity index (χ0n) is 15.5. The molecule has 1 aromatic carbocycles. The maximum absolute atomic E-state index is 10.6. The Balaban J connectivity index is 2.79. The number of allylic oxidation sites excluding steroid dienone is 1. The predicted molar refractivity (Wildman–Crippen MR) is 98.4 cm³/mol. The van der Waals surface area contributed by atoms with Gasteiger partial charge in [-0.05, 0) is 24.1 Å². The Hall–Kier alpha value is -1.40. The molecule has 0 heterocycles. The minimum Gasteiger partial charge on any atom is -0.497 e. The van der Waals surface area contributed by atoms with Crippen molar-refractivity contribution in [1.29, 1.82) is 0 Å². The number of aliphatic hydroxyl groups excluding tert-OH is 3. The van der Waals surface area contributed by atoms with Gasteiger partial charge in [0, 0.05) is 31.0 Å². The first-order valence-corrected chi connectivity index (χ1v) is 8.73. The van der Waals surface area contributed by atoms with Crippen molar-refractivity contribution < 1.29 is 24.8 Å². The first-order chi connectivity index (χ1) is 12.0. The summed E-state index contributed by atoms with van der Waals surface area (Å²) >= 11 is 0. The number of hydrogen-bond donors (Lipinski definition) is 3. The van der Waals surface area contributed by atoms with Crippen LogP contribution in [0.5, 0.6) is 5.75 Å². The molecule has 0 saturated carbocycles. The van der Waals surface area contributed by atoms with Crippen molar-refractivity contribution in [3.8, 4) is 5.75 Å². The zero-order valence-corrected chi connectivity index (χ0v) is 15.5. The zero-order chi connectivity index (χ0) is 18.8. The summed E-state index contributed by atoms with van der Waals surface area (Å²) in [5.41, 5.74) is 0.988. The van der Waals surface area contributed by atoms with Gasteiger partial charge in [-0.1, -0.05) is 32.1 Å². The first kappa shape index (κ1) is 21.6. The lowest BCUT2D eigenvalue weighted by Crippen LogP contribution is -2.41. The molecule has 5 atom stereocenters. The molecule has 0 aromatic heterocycles. The van der Waals surface area contributed by atoms with Crippen molar-refractivity contribution in [2.75, 3.05) is 20.3 Å². The summed E-state index contributed by atoms with van der Waals surface area (Å²) in [6.45, 7) is 7.68.